The molecule has 8 heteroatoms. The van der Waals surface area contributed by atoms with Gasteiger partial charge in [-0.2, -0.15) is 0 Å². The lowest BCUT2D eigenvalue weighted by atomic mass is 10.4. The summed E-state index contributed by atoms with van der Waals surface area (Å²) in [5.41, 5.74) is 0. The Morgan fingerprint density at radius 2 is 2.31 bits per heavy atom. The molecule has 0 aliphatic carbocycles. The molecule has 0 unspecified atom stereocenters. The Labute approximate surface area is 106 Å². The largest absolute Gasteiger partial charge is 0.356 e. The number of amides is 1. The van der Waals surface area contributed by atoms with E-state index in [-0.39, 0.29) is 16.0 Å². The first kappa shape index (κ1) is 15.4. The van der Waals surface area contributed by atoms with Gasteiger partial charge in [0, 0.05) is 13.0 Å². The summed E-state index contributed by atoms with van der Waals surface area (Å²) in [6.45, 7) is 4.15. The molecule has 16 heavy (non-hydrogen) atoms. The van der Waals surface area contributed by atoms with Crippen molar-refractivity contribution in [3.8, 4) is 0 Å². The van der Waals surface area contributed by atoms with Gasteiger partial charge in [0.05, 0.1) is 5.75 Å². The van der Waals surface area contributed by atoms with E-state index in [0.29, 0.717) is 0 Å². The number of carbonyl (C=O) groups is 1. The van der Waals surface area contributed by atoms with Gasteiger partial charge >= 0.3 is 0 Å². The molecule has 5 nitrogen and oxygen atoms in total. The number of nitrogens with one attached hydrogen (secondary N) is 2. The molecule has 0 atom stereocenters. The second kappa shape index (κ2) is 7.64. The lowest BCUT2D eigenvalue weighted by Gasteiger charge is -2.00. The monoisotopic (exact) mass is 282 g/mol. The highest BCUT2D eigenvalue weighted by Gasteiger charge is 2.06. The molecule has 0 aromatic carbocycles. The summed E-state index contributed by atoms with van der Waals surface area (Å²) in [4.78, 5) is 10.1. The second-order valence-electron chi connectivity index (χ2n) is 2.93. The van der Waals surface area contributed by atoms with Crippen molar-refractivity contribution >= 4 is 45.1 Å². The van der Waals surface area contributed by atoms with Gasteiger partial charge in [-0.3, -0.25) is 9.52 Å². The number of rotatable bonds is 3. The van der Waals surface area contributed by atoms with Gasteiger partial charge in [0.1, 0.15) is 4.32 Å². The second-order valence-corrected chi connectivity index (χ2v) is 5.86. The van der Waals surface area contributed by atoms with Crippen LogP contribution >= 0.6 is 24.8 Å². The molecule has 1 aliphatic rings. The van der Waals surface area contributed by atoms with E-state index in [1.54, 1.807) is 0 Å². The van der Waals surface area contributed by atoms with E-state index in [4.69, 9.17) is 0 Å². The highest BCUT2D eigenvalue weighted by molar-refractivity contribution is 8.12. The van der Waals surface area contributed by atoms with E-state index >= 15 is 0 Å². The smallest absolute Gasteiger partial charge is 0.237 e. The van der Waals surface area contributed by atoms with E-state index < -0.39 is 10.0 Å². The Morgan fingerprint density at radius 1 is 1.69 bits per heavy atom. The molecular weight excluding hydrogens is 268 g/mol. The Hall–Kier alpha value is -0.600. The standard InChI is InChI=1S/C4H7NO2S3.C4H7NO/c1-2-3-10(6,7)5-4(8)9;6-4-2-1-3-5-4/h2H,1,3H2,(H2,5,8,9);1-3H2,(H,5,6). The molecule has 1 saturated heterocycles. The molecule has 2 N–H and O–H groups in total. The van der Waals surface area contributed by atoms with E-state index in [2.05, 4.69) is 36.7 Å². The minimum atomic E-state index is -3.32. The molecule has 0 spiro atoms. The van der Waals surface area contributed by atoms with Crippen molar-refractivity contribution in [2.45, 2.75) is 12.8 Å². The fraction of sp³-hybridized carbons (Fsp3) is 0.500. The van der Waals surface area contributed by atoms with Crippen molar-refractivity contribution in [3.63, 3.8) is 0 Å². The van der Waals surface area contributed by atoms with Crippen LogP contribution in [-0.4, -0.2) is 30.9 Å². The van der Waals surface area contributed by atoms with Crippen LogP contribution in [0.4, 0.5) is 0 Å². The molecule has 1 aliphatic heterocycles. The molecule has 92 valence electrons. The zero-order valence-electron chi connectivity index (χ0n) is 8.60. The van der Waals surface area contributed by atoms with Crippen LogP contribution in [0.15, 0.2) is 12.7 Å². The highest BCUT2D eigenvalue weighted by Crippen LogP contribution is 1.93. The summed E-state index contributed by atoms with van der Waals surface area (Å²) in [5.74, 6) is 0.0586. The maximum atomic E-state index is 10.7. The van der Waals surface area contributed by atoms with Crippen LogP contribution in [-0.2, 0) is 14.8 Å². The Morgan fingerprint density at radius 3 is 2.56 bits per heavy atom. The first-order valence-electron chi connectivity index (χ1n) is 4.48. The molecule has 0 saturated carbocycles. The summed E-state index contributed by atoms with van der Waals surface area (Å²) in [7, 11) is -3.32. The van der Waals surface area contributed by atoms with Crippen molar-refractivity contribution in [3.05, 3.63) is 12.7 Å². The van der Waals surface area contributed by atoms with Crippen LogP contribution in [0.2, 0.25) is 0 Å². The minimum absolute atomic E-state index is 0.0538. The predicted molar refractivity (Wildman–Crippen MR) is 70.9 cm³/mol. The number of sulfonamides is 1. The van der Waals surface area contributed by atoms with Gasteiger partial charge in [-0.05, 0) is 6.42 Å². The number of thiocarbonyl (C=S) groups is 1. The highest BCUT2D eigenvalue weighted by atomic mass is 32.2. The molecule has 1 amide bonds. The SMILES string of the molecule is C=CCS(=O)(=O)NC(=S)S.O=C1CCCN1. The van der Waals surface area contributed by atoms with Crippen LogP contribution < -0.4 is 10.0 Å². The lowest BCUT2D eigenvalue weighted by molar-refractivity contribution is -0.119. The summed E-state index contributed by atoms with van der Waals surface area (Å²) >= 11 is 7.99. The van der Waals surface area contributed by atoms with Gasteiger partial charge in [-0.15, -0.1) is 19.2 Å². The maximum Gasteiger partial charge on any atom is 0.237 e. The fourth-order valence-electron chi connectivity index (χ4n) is 0.895. The van der Waals surface area contributed by atoms with Gasteiger partial charge in [0.2, 0.25) is 15.9 Å². The van der Waals surface area contributed by atoms with Gasteiger partial charge in [-0.1, -0.05) is 18.3 Å². The van der Waals surface area contributed by atoms with Crippen LogP contribution in [0, 0.1) is 0 Å². The number of hydrogen-bond donors (Lipinski definition) is 3. The average Bonchev–Trinajstić information content (AvgIpc) is 2.54. The summed E-state index contributed by atoms with van der Waals surface area (Å²) in [6, 6.07) is 0. The van der Waals surface area contributed by atoms with Crippen LogP contribution in [0.25, 0.3) is 0 Å². The fourth-order valence-corrected chi connectivity index (χ4v) is 2.35. The molecule has 0 aromatic rings. The van der Waals surface area contributed by atoms with Crippen LogP contribution in [0.1, 0.15) is 12.8 Å². The number of thiol groups is 1. The summed E-state index contributed by atoms with van der Waals surface area (Å²) in [5, 5.41) is 2.68. The molecular formula is C8H14N2O3S3. The Balaban J connectivity index is 0.000000315. The lowest BCUT2D eigenvalue weighted by Crippen LogP contribution is -2.27. The third-order valence-electron chi connectivity index (χ3n) is 1.48. The minimum Gasteiger partial charge on any atom is -0.356 e. The summed E-state index contributed by atoms with van der Waals surface area (Å²) < 4.78 is 23.4. The maximum absolute atomic E-state index is 10.7. The molecule has 1 rings (SSSR count). The van der Waals surface area contributed by atoms with Gasteiger partial charge in [-0.25, -0.2) is 8.42 Å². The van der Waals surface area contributed by atoms with E-state index in [0.717, 1.165) is 19.4 Å². The zero-order chi connectivity index (χ0) is 12.6. The Bertz CT molecular complexity index is 357. The molecule has 0 radical (unpaired) electrons. The first-order valence-corrected chi connectivity index (χ1v) is 6.99. The number of hydrogen-bond acceptors (Lipinski definition) is 4. The first-order chi connectivity index (χ1) is 7.37. The topological polar surface area (TPSA) is 75.3 Å². The molecule has 0 aromatic heterocycles. The third kappa shape index (κ3) is 8.69. The van der Waals surface area contributed by atoms with Crippen LogP contribution in [0.3, 0.4) is 0 Å². The van der Waals surface area contributed by atoms with Crippen molar-refractivity contribution < 1.29 is 13.2 Å². The number of carbonyl (C=O) groups excluding carboxylic acids is 1. The van der Waals surface area contributed by atoms with Gasteiger partial charge in [0.15, 0.2) is 0 Å². The summed E-state index contributed by atoms with van der Waals surface area (Å²) in [6.07, 6.45) is 3.03. The predicted octanol–water partition coefficient (Wildman–Crippen LogP) is 0.203. The van der Waals surface area contributed by atoms with Crippen molar-refractivity contribution in [1.82, 2.24) is 10.0 Å². The molecule has 0 bridgehead atoms. The average molecular weight is 282 g/mol. The normalized spacial score (nSPS) is 14.4. The van der Waals surface area contributed by atoms with Gasteiger partial charge < -0.3 is 5.32 Å². The van der Waals surface area contributed by atoms with E-state index in [1.807, 2.05) is 4.72 Å². The van der Waals surface area contributed by atoms with E-state index in [1.165, 1.54) is 6.08 Å². The third-order valence-corrected chi connectivity index (χ3v) is 3.17. The van der Waals surface area contributed by atoms with Crippen LogP contribution in [0.5, 0.6) is 0 Å². The molecule has 1 heterocycles. The van der Waals surface area contributed by atoms with Crippen molar-refractivity contribution in [1.29, 1.82) is 0 Å². The Kier molecular flexibility index (Phi) is 7.35. The van der Waals surface area contributed by atoms with Gasteiger partial charge in [0.25, 0.3) is 0 Å². The van der Waals surface area contributed by atoms with Crippen molar-refractivity contribution in [2.75, 3.05) is 12.3 Å². The van der Waals surface area contributed by atoms with Crippen molar-refractivity contribution in [2.24, 2.45) is 0 Å². The quantitative estimate of drug-likeness (QED) is 0.393. The zero-order valence-corrected chi connectivity index (χ0v) is 11.1. The molecule has 1 fully saturated rings. The van der Waals surface area contributed by atoms with E-state index in [9.17, 15) is 13.2 Å².